The summed E-state index contributed by atoms with van der Waals surface area (Å²) in [6.45, 7) is 7.15. The Kier molecular flexibility index (Phi) is 7.11. The van der Waals surface area contributed by atoms with E-state index in [2.05, 4.69) is 18.6 Å². The van der Waals surface area contributed by atoms with E-state index in [1.54, 1.807) is 13.0 Å². The molecular weight excluding hydrogens is 298 g/mol. The maximum atomic E-state index is 12.0. The van der Waals surface area contributed by atoms with Gasteiger partial charge in [-0.2, -0.15) is 0 Å². The van der Waals surface area contributed by atoms with Crippen molar-refractivity contribution in [1.82, 2.24) is 4.72 Å². The van der Waals surface area contributed by atoms with Crippen LogP contribution in [0.4, 0.5) is 0 Å². The van der Waals surface area contributed by atoms with Crippen molar-refractivity contribution in [2.45, 2.75) is 38.0 Å². The molecule has 2 N–H and O–H groups in total. The first-order chi connectivity index (χ1) is 9.36. The number of nitrogens with one attached hydrogen (secondary N) is 1. The lowest BCUT2D eigenvalue weighted by molar-refractivity contribution is 0.128. The third-order valence-corrected chi connectivity index (χ3v) is 5.94. The molecule has 0 aliphatic carbocycles. The summed E-state index contributed by atoms with van der Waals surface area (Å²) in [6, 6.07) is 1.58. The van der Waals surface area contributed by atoms with Crippen molar-refractivity contribution in [3.8, 4) is 0 Å². The molecule has 1 heterocycles. The number of hydrogen-bond acceptors (Lipinski definition) is 5. The number of ether oxygens (including phenoxy) is 1. The summed E-state index contributed by atoms with van der Waals surface area (Å²) in [6.07, 6.45) is 0.969. The van der Waals surface area contributed by atoms with Gasteiger partial charge in [-0.15, -0.1) is 11.3 Å². The van der Waals surface area contributed by atoms with Gasteiger partial charge in [-0.1, -0.05) is 13.8 Å². The fourth-order valence-corrected chi connectivity index (χ4v) is 4.03. The Labute approximate surface area is 125 Å². The van der Waals surface area contributed by atoms with Gasteiger partial charge in [-0.05, 0) is 30.9 Å². The second kappa shape index (κ2) is 8.09. The molecule has 0 bridgehead atoms. The Morgan fingerprint density at radius 2 is 2.10 bits per heavy atom. The van der Waals surface area contributed by atoms with Crippen molar-refractivity contribution in [2.75, 3.05) is 19.8 Å². The van der Waals surface area contributed by atoms with Gasteiger partial charge in [0.15, 0.2) is 0 Å². The van der Waals surface area contributed by atoms with Crippen LogP contribution in [0.25, 0.3) is 0 Å². The van der Waals surface area contributed by atoms with Gasteiger partial charge in [-0.25, -0.2) is 13.1 Å². The Hall–Kier alpha value is -0.470. The fraction of sp³-hybridized carbons (Fsp3) is 0.692. The molecule has 1 rings (SSSR count). The lowest BCUT2D eigenvalue weighted by Gasteiger charge is -2.07. The van der Waals surface area contributed by atoms with Crippen molar-refractivity contribution in [3.63, 3.8) is 0 Å². The van der Waals surface area contributed by atoms with Gasteiger partial charge in [0.2, 0.25) is 10.0 Å². The van der Waals surface area contributed by atoms with Crippen LogP contribution in [0.3, 0.4) is 0 Å². The molecule has 7 heteroatoms. The Balaban J connectivity index is 2.41. The summed E-state index contributed by atoms with van der Waals surface area (Å²) in [5.41, 5.74) is 0.797. The second-order valence-electron chi connectivity index (χ2n) is 5.02. The van der Waals surface area contributed by atoms with E-state index in [0.29, 0.717) is 24.0 Å². The molecule has 20 heavy (non-hydrogen) atoms. The van der Waals surface area contributed by atoms with Crippen LogP contribution in [0.15, 0.2) is 10.3 Å². The van der Waals surface area contributed by atoms with Crippen molar-refractivity contribution < 1.29 is 18.3 Å². The predicted octanol–water partition coefficient (Wildman–Crippen LogP) is 1.89. The number of hydrogen-bond donors (Lipinski definition) is 2. The summed E-state index contributed by atoms with van der Waals surface area (Å²) >= 11 is 1.10. The quantitative estimate of drug-likeness (QED) is 0.681. The van der Waals surface area contributed by atoms with E-state index in [0.717, 1.165) is 23.3 Å². The molecule has 1 aromatic rings. The molecule has 0 amide bonds. The van der Waals surface area contributed by atoms with Crippen LogP contribution >= 0.6 is 11.3 Å². The molecule has 0 aromatic carbocycles. The molecule has 0 unspecified atom stereocenters. The number of aryl methyl sites for hydroxylation is 1. The van der Waals surface area contributed by atoms with E-state index < -0.39 is 10.0 Å². The van der Waals surface area contributed by atoms with Crippen molar-refractivity contribution in [3.05, 3.63) is 16.5 Å². The van der Waals surface area contributed by atoms with Gasteiger partial charge in [0, 0.05) is 18.0 Å². The molecule has 0 fully saturated rings. The largest absolute Gasteiger partial charge is 0.391 e. The van der Waals surface area contributed by atoms with Gasteiger partial charge in [0.25, 0.3) is 0 Å². The Bertz CT molecular complexity index is 508. The molecule has 0 aliphatic rings. The van der Waals surface area contributed by atoms with Crippen LogP contribution in [0.2, 0.25) is 0 Å². The summed E-state index contributed by atoms with van der Waals surface area (Å²) in [5.74, 6) is 0.581. The maximum absolute atomic E-state index is 12.0. The first-order valence-corrected chi connectivity index (χ1v) is 8.94. The van der Waals surface area contributed by atoms with Crippen LogP contribution in [-0.2, 0) is 21.4 Å². The molecule has 0 radical (unpaired) electrons. The normalized spacial score (nSPS) is 12.2. The highest BCUT2D eigenvalue weighted by Crippen LogP contribution is 2.25. The van der Waals surface area contributed by atoms with E-state index >= 15 is 0 Å². The molecule has 5 nitrogen and oxygen atoms in total. The third-order valence-electron chi connectivity index (χ3n) is 2.78. The highest BCUT2D eigenvalue weighted by molar-refractivity contribution is 7.91. The molecule has 0 aliphatic heterocycles. The summed E-state index contributed by atoms with van der Waals surface area (Å²) < 4.78 is 32.1. The van der Waals surface area contributed by atoms with Crippen LogP contribution in [0.1, 0.15) is 30.7 Å². The minimum absolute atomic E-state index is 0.135. The number of sulfonamides is 1. The van der Waals surface area contributed by atoms with E-state index in [1.807, 2.05) is 0 Å². The smallest absolute Gasteiger partial charge is 0.250 e. The molecule has 1 aromatic heterocycles. The first-order valence-electron chi connectivity index (χ1n) is 6.64. The molecule has 0 spiro atoms. The van der Waals surface area contributed by atoms with E-state index in [4.69, 9.17) is 9.84 Å². The monoisotopic (exact) mass is 321 g/mol. The maximum Gasteiger partial charge on any atom is 0.250 e. The Morgan fingerprint density at radius 1 is 1.40 bits per heavy atom. The highest BCUT2D eigenvalue weighted by Gasteiger charge is 2.18. The van der Waals surface area contributed by atoms with Crippen LogP contribution in [0.5, 0.6) is 0 Å². The van der Waals surface area contributed by atoms with Crippen molar-refractivity contribution in [2.24, 2.45) is 5.92 Å². The van der Waals surface area contributed by atoms with E-state index in [-0.39, 0.29) is 17.4 Å². The number of aliphatic hydroxyl groups excluding tert-OH is 1. The lowest BCUT2D eigenvalue weighted by Crippen LogP contribution is -2.27. The van der Waals surface area contributed by atoms with Crippen molar-refractivity contribution >= 4 is 21.4 Å². The number of aliphatic hydroxyl groups is 1. The van der Waals surface area contributed by atoms with Crippen molar-refractivity contribution in [1.29, 1.82) is 0 Å². The molecule has 0 atom stereocenters. The molecular formula is C13H23NO4S2. The van der Waals surface area contributed by atoms with E-state index in [9.17, 15) is 8.42 Å². The SMILES string of the molecule is Cc1cc(S(=O)(=O)NCCOCCC(C)C)sc1CO. The second-order valence-corrected chi connectivity index (χ2v) is 8.15. The lowest BCUT2D eigenvalue weighted by atomic mass is 10.1. The standard InChI is InChI=1S/C13H23NO4S2/c1-10(2)4-6-18-7-5-14-20(16,17)13-8-11(3)12(9-15)19-13/h8,10,14-15H,4-7,9H2,1-3H3. The summed E-state index contributed by atoms with van der Waals surface area (Å²) in [5, 5.41) is 9.09. The van der Waals surface area contributed by atoms with Gasteiger partial charge in [0.05, 0.1) is 13.2 Å². The van der Waals surface area contributed by atoms with Crippen LogP contribution in [-0.4, -0.2) is 33.3 Å². The minimum Gasteiger partial charge on any atom is -0.391 e. The summed E-state index contributed by atoms with van der Waals surface area (Å²) in [7, 11) is -3.50. The van der Waals surface area contributed by atoms with E-state index in [1.165, 1.54) is 0 Å². The topological polar surface area (TPSA) is 75.6 Å². The molecule has 0 saturated carbocycles. The first kappa shape index (κ1) is 17.6. The molecule has 116 valence electrons. The zero-order valence-corrected chi connectivity index (χ0v) is 13.8. The van der Waals surface area contributed by atoms with Crippen LogP contribution in [0, 0.1) is 12.8 Å². The van der Waals surface area contributed by atoms with Crippen LogP contribution < -0.4 is 4.72 Å². The average molecular weight is 321 g/mol. The Morgan fingerprint density at radius 3 is 2.65 bits per heavy atom. The van der Waals surface area contributed by atoms with Gasteiger partial charge in [0.1, 0.15) is 4.21 Å². The average Bonchev–Trinajstić information content (AvgIpc) is 2.75. The summed E-state index contributed by atoms with van der Waals surface area (Å²) in [4.78, 5) is 0.679. The van der Waals surface area contributed by atoms with Gasteiger partial charge < -0.3 is 9.84 Å². The van der Waals surface area contributed by atoms with Gasteiger partial charge in [-0.3, -0.25) is 0 Å². The molecule has 0 saturated heterocycles. The zero-order valence-electron chi connectivity index (χ0n) is 12.2. The zero-order chi connectivity index (χ0) is 15.2. The van der Waals surface area contributed by atoms with Gasteiger partial charge >= 0.3 is 0 Å². The third kappa shape index (κ3) is 5.49. The number of rotatable bonds is 9. The fourth-order valence-electron chi connectivity index (χ4n) is 1.52. The number of thiophene rings is 1. The predicted molar refractivity (Wildman–Crippen MR) is 80.4 cm³/mol. The minimum atomic E-state index is -3.50. The highest BCUT2D eigenvalue weighted by atomic mass is 32.2.